The van der Waals surface area contributed by atoms with E-state index in [4.69, 9.17) is 4.74 Å². The second kappa shape index (κ2) is 7.71. The van der Waals surface area contributed by atoms with Crippen molar-refractivity contribution in [3.05, 3.63) is 29.8 Å². The Hall–Kier alpha value is -1.55. The smallest absolute Gasteiger partial charge is 0.236 e. The normalized spacial score (nSPS) is 10.2. The molecule has 0 fully saturated rings. The maximum atomic E-state index is 11.8. The van der Waals surface area contributed by atoms with Crippen molar-refractivity contribution in [2.75, 3.05) is 26.7 Å². The van der Waals surface area contributed by atoms with Crippen molar-refractivity contribution >= 4 is 5.91 Å². The standard InChI is InChI=1S/C14H22N2O2/c1-4-15-10-14(17)16(3)11-12-8-6-7-9-13(12)18-5-2/h6-9,15H,4-5,10-11H2,1-3H3. The maximum Gasteiger partial charge on any atom is 0.236 e. The van der Waals surface area contributed by atoms with Gasteiger partial charge < -0.3 is 15.0 Å². The maximum absolute atomic E-state index is 11.8. The number of carbonyl (C=O) groups excluding carboxylic acids is 1. The summed E-state index contributed by atoms with van der Waals surface area (Å²) < 4.78 is 5.55. The molecule has 0 radical (unpaired) electrons. The number of para-hydroxylation sites is 1. The number of carbonyl (C=O) groups is 1. The third-order valence-electron chi connectivity index (χ3n) is 2.63. The van der Waals surface area contributed by atoms with E-state index in [1.165, 1.54) is 0 Å². The third-order valence-corrected chi connectivity index (χ3v) is 2.63. The first-order valence-electron chi connectivity index (χ1n) is 6.34. The molecule has 4 heteroatoms. The van der Waals surface area contributed by atoms with Crippen LogP contribution >= 0.6 is 0 Å². The van der Waals surface area contributed by atoms with Crippen molar-refractivity contribution in [3.63, 3.8) is 0 Å². The van der Waals surface area contributed by atoms with Crippen LogP contribution in [-0.4, -0.2) is 37.6 Å². The van der Waals surface area contributed by atoms with Crippen molar-refractivity contribution in [3.8, 4) is 5.75 Å². The zero-order chi connectivity index (χ0) is 13.4. The van der Waals surface area contributed by atoms with Crippen molar-refractivity contribution in [2.45, 2.75) is 20.4 Å². The summed E-state index contributed by atoms with van der Waals surface area (Å²) in [5, 5.41) is 3.03. The van der Waals surface area contributed by atoms with Crippen molar-refractivity contribution in [1.29, 1.82) is 0 Å². The van der Waals surface area contributed by atoms with Gasteiger partial charge in [-0.1, -0.05) is 25.1 Å². The molecule has 0 aliphatic rings. The highest BCUT2D eigenvalue weighted by Gasteiger charge is 2.11. The first-order chi connectivity index (χ1) is 8.69. The Bertz CT molecular complexity index is 380. The lowest BCUT2D eigenvalue weighted by Crippen LogP contribution is -2.35. The molecule has 0 heterocycles. The minimum Gasteiger partial charge on any atom is -0.494 e. The van der Waals surface area contributed by atoms with Gasteiger partial charge in [-0.25, -0.2) is 0 Å². The molecule has 0 unspecified atom stereocenters. The van der Waals surface area contributed by atoms with Crippen LogP contribution in [0.4, 0.5) is 0 Å². The molecule has 0 aliphatic carbocycles. The molecule has 1 N–H and O–H groups in total. The molecule has 0 spiro atoms. The number of ether oxygens (including phenoxy) is 1. The number of benzene rings is 1. The van der Waals surface area contributed by atoms with E-state index in [1.807, 2.05) is 45.2 Å². The fraction of sp³-hybridized carbons (Fsp3) is 0.500. The van der Waals surface area contributed by atoms with Crippen LogP contribution in [-0.2, 0) is 11.3 Å². The molecular weight excluding hydrogens is 228 g/mol. The highest BCUT2D eigenvalue weighted by Crippen LogP contribution is 2.19. The van der Waals surface area contributed by atoms with E-state index in [0.717, 1.165) is 17.9 Å². The monoisotopic (exact) mass is 250 g/mol. The molecule has 1 aromatic carbocycles. The molecule has 4 nitrogen and oxygen atoms in total. The van der Waals surface area contributed by atoms with Gasteiger partial charge in [-0.2, -0.15) is 0 Å². The number of hydrogen-bond donors (Lipinski definition) is 1. The molecule has 0 aliphatic heterocycles. The van der Waals surface area contributed by atoms with Crippen LogP contribution in [0.1, 0.15) is 19.4 Å². The largest absolute Gasteiger partial charge is 0.494 e. The number of rotatable bonds is 7. The van der Waals surface area contributed by atoms with Gasteiger partial charge in [0.1, 0.15) is 5.75 Å². The summed E-state index contributed by atoms with van der Waals surface area (Å²) in [6.45, 7) is 6.32. The topological polar surface area (TPSA) is 41.6 Å². The third kappa shape index (κ3) is 4.37. The zero-order valence-corrected chi connectivity index (χ0v) is 11.4. The second-order valence-electron chi connectivity index (χ2n) is 4.07. The van der Waals surface area contributed by atoms with E-state index in [-0.39, 0.29) is 5.91 Å². The van der Waals surface area contributed by atoms with Gasteiger partial charge in [0.2, 0.25) is 5.91 Å². The van der Waals surface area contributed by atoms with Crippen LogP contribution < -0.4 is 10.1 Å². The minimum atomic E-state index is 0.0863. The average Bonchev–Trinajstić information content (AvgIpc) is 2.38. The lowest BCUT2D eigenvalue weighted by Gasteiger charge is -2.19. The van der Waals surface area contributed by atoms with E-state index in [1.54, 1.807) is 4.90 Å². The summed E-state index contributed by atoms with van der Waals surface area (Å²) in [6, 6.07) is 7.82. The van der Waals surface area contributed by atoms with Crippen LogP contribution in [0, 0.1) is 0 Å². The summed E-state index contributed by atoms with van der Waals surface area (Å²) in [5.41, 5.74) is 1.03. The molecule has 0 saturated heterocycles. The summed E-state index contributed by atoms with van der Waals surface area (Å²) >= 11 is 0. The lowest BCUT2D eigenvalue weighted by atomic mass is 10.2. The molecule has 18 heavy (non-hydrogen) atoms. The Kier molecular flexibility index (Phi) is 6.22. The van der Waals surface area contributed by atoms with Crippen LogP contribution in [0.2, 0.25) is 0 Å². The predicted octanol–water partition coefficient (Wildman–Crippen LogP) is 1.65. The molecule has 1 rings (SSSR count). The van der Waals surface area contributed by atoms with Gasteiger partial charge in [0.05, 0.1) is 13.2 Å². The van der Waals surface area contributed by atoms with Gasteiger partial charge in [-0.15, -0.1) is 0 Å². The van der Waals surface area contributed by atoms with E-state index in [9.17, 15) is 4.79 Å². The quantitative estimate of drug-likeness (QED) is 0.800. The van der Waals surface area contributed by atoms with Crippen LogP contribution in [0.5, 0.6) is 5.75 Å². The molecule has 0 bridgehead atoms. The van der Waals surface area contributed by atoms with Crippen molar-refractivity contribution in [1.82, 2.24) is 10.2 Å². The van der Waals surface area contributed by atoms with E-state index in [2.05, 4.69) is 5.32 Å². The second-order valence-corrected chi connectivity index (χ2v) is 4.07. The van der Waals surface area contributed by atoms with Crippen molar-refractivity contribution < 1.29 is 9.53 Å². The van der Waals surface area contributed by atoms with Gasteiger partial charge >= 0.3 is 0 Å². The average molecular weight is 250 g/mol. The van der Waals surface area contributed by atoms with Crippen LogP contribution in [0.3, 0.4) is 0 Å². The summed E-state index contributed by atoms with van der Waals surface area (Å²) in [6.07, 6.45) is 0. The first-order valence-corrected chi connectivity index (χ1v) is 6.34. The molecule has 1 aromatic rings. The van der Waals surface area contributed by atoms with Gasteiger partial charge in [-0.3, -0.25) is 4.79 Å². The summed E-state index contributed by atoms with van der Waals surface area (Å²) in [7, 11) is 1.81. The lowest BCUT2D eigenvalue weighted by molar-refractivity contribution is -0.129. The highest BCUT2D eigenvalue weighted by molar-refractivity contribution is 5.78. The van der Waals surface area contributed by atoms with Gasteiger partial charge in [0.15, 0.2) is 0 Å². The Balaban J connectivity index is 2.63. The highest BCUT2D eigenvalue weighted by atomic mass is 16.5. The zero-order valence-electron chi connectivity index (χ0n) is 11.4. The number of likely N-dealkylation sites (N-methyl/N-ethyl adjacent to an activating group) is 2. The van der Waals surface area contributed by atoms with Crippen molar-refractivity contribution in [2.24, 2.45) is 0 Å². The van der Waals surface area contributed by atoms with Crippen LogP contribution in [0.15, 0.2) is 24.3 Å². The molecule has 0 saturated carbocycles. The van der Waals surface area contributed by atoms with Crippen LogP contribution in [0.25, 0.3) is 0 Å². The summed E-state index contributed by atoms with van der Waals surface area (Å²) in [5.74, 6) is 0.936. The van der Waals surface area contributed by atoms with Gasteiger partial charge in [0.25, 0.3) is 0 Å². The molecule has 0 atom stereocenters. The number of hydrogen-bond acceptors (Lipinski definition) is 3. The predicted molar refractivity (Wildman–Crippen MR) is 72.6 cm³/mol. The molecule has 1 amide bonds. The Morgan fingerprint density at radius 3 is 2.72 bits per heavy atom. The van der Waals surface area contributed by atoms with E-state index in [0.29, 0.717) is 19.7 Å². The van der Waals surface area contributed by atoms with Gasteiger partial charge in [0, 0.05) is 19.2 Å². The number of nitrogens with zero attached hydrogens (tertiary/aromatic N) is 1. The fourth-order valence-electron chi connectivity index (χ4n) is 1.64. The Morgan fingerprint density at radius 1 is 1.33 bits per heavy atom. The minimum absolute atomic E-state index is 0.0863. The molecule has 100 valence electrons. The Labute approximate surface area is 109 Å². The summed E-state index contributed by atoms with van der Waals surface area (Å²) in [4.78, 5) is 13.5. The van der Waals surface area contributed by atoms with E-state index < -0.39 is 0 Å². The number of amides is 1. The number of nitrogens with one attached hydrogen (secondary N) is 1. The molecular formula is C14H22N2O2. The fourth-order valence-corrected chi connectivity index (χ4v) is 1.64. The molecule has 0 aromatic heterocycles. The Morgan fingerprint density at radius 2 is 2.06 bits per heavy atom. The SMILES string of the molecule is CCNCC(=O)N(C)Cc1ccccc1OCC. The van der Waals surface area contributed by atoms with Gasteiger partial charge in [-0.05, 0) is 19.5 Å². The first kappa shape index (κ1) is 14.5. The van der Waals surface area contributed by atoms with E-state index >= 15 is 0 Å².